The van der Waals surface area contributed by atoms with E-state index < -0.39 is 15.8 Å². The fourth-order valence-corrected chi connectivity index (χ4v) is 11.1. The summed E-state index contributed by atoms with van der Waals surface area (Å²) in [5, 5.41) is 5.96. The van der Waals surface area contributed by atoms with Crippen molar-refractivity contribution in [2.24, 2.45) is 0 Å². The summed E-state index contributed by atoms with van der Waals surface area (Å²) in [5.74, 6) is 0. The first-order chi connectivity index (χ1) is 18.4. The number of hydrogen-bond donors (Lipinski definition) is 0. The standard InChI is InChI=1S/C34H35NP2/c1-5-17-30(18-6-1)36(31-19-7-2-8-20-31)29-34(25-13-14-26-35-27-15-16-28-35)37(32-21-9-3-10-22-32)33-23-11-4-12-24-33/h1-12,15-24,27-28,34H,13-14,25-26,29H2. The highest BCUT2D eigenvalue weighted by atomic mass is 31.1. The lowest BCUT2D eigenvalue weighted by molar-refractivity contribution is 0.588. The van der Waals surface area contributed by atoms with E-state index in [4.69, 9.17) is 0 Å². The highest BCUT2D eigenvalue weighted by Crippen LogP contribution is 2.48. The van der Waals surface area contributed by atoms with E-state index in [9.17, 15) is 0 Å². The third-order valence-electron chi connectivity index (χ3n) is 6.83. The molecule has 0 amide bonds. The van der Waals surface area contributed by atoms with Crippen molar-refractivity contribution in [3.05, 3.63) is 146 Å². The number of hydrogen-bond acceptors (Lipinski definition) is 0. The average Bonchev–Trinajstić information content (AvgIpc) is 3.49. The molecule has 5 rings (SSSR count). The fraction of sp³-hybridized carbons (Fsp3) is 0.176. The third kappa shape index (κ3) is 7.07. The van der Waals surface area contributed by atoms with Crippen molar-refractivity contribution in [3.63, 3.8) is 0 Å². The van der Waals surface area contributed by atoms with Crippen LogP contribution >= 0.6 is 15.8 Å². The van der Waals surface area contributed by atoms with Gasteiger partial charge in [-0.15, -0.1) is 0 Å². The van der Waals surface area contributed by atoms with Crippen molar-refractivity contribution >= 4 is 37.1 Å². The van der Waals surface area contributed by atoms with Gasteiger partial charge in [0.15, 0.2) is 0 Å². The molecule has 4 aromatic carbocycles. The zero-order chi connectivity index (χ0) is 25.1. The zero-order valence-corrected chi connectivity index (χ0v) is 23.1. The zero-order valence-electron chi connectivity index (χ0n) is 21.3. The van der Waals surface area contributed by atoms with E-state index in [1.165, 1.54) is 46.6 Å². The van der Waals surface area contributed by atoms with Crippen LogP contribution in [0.1, 0.15) is 19.3 Å². The molecule has 37 heavy (non-hydrogen) atoms. The van der Waals surface area contributed by atoms with Crippen LogP contribution in [0.15, 0.2) is 146 Å². The second-order valence-corrected chi connectivity index (χ2v) is 14.2. The van der Waals surface area contributed by atoms with E-state index in [-0.39, 0.29) is 0 Å². The van der Waals surface area contributed by atoms with Crippen LogP contribution < -0.4 is 21.2 Å². The minimum atomic E-state index is -0.480. The molecule has 0 N–H and O–H groups in total. The van der Waals surface area contributed by atoms with Crippen LogP contribution in [0.5, 0.6) is 0 Å². The van der Waals surface area contributed by atoms with Gasteiger partial charge in [0, 0.05) is 18.9 Å². The lowest BCUT2D eigenvalue weighted by atomic mass is 10.2. The molecule has 1 heterocycles. The summed E-state index contributed by atoms with van der Waals surface area (Å²) in [6.07, 6.45) is 9.28. The number of aryl methyl sites for hydroxylation is 1. The molecular weight excluding hydrogens is 484 g/mol. The summed E-state index contributed by atoms with van der Waals surface area (Å²) in [6, 6.07) is 49.3. The Hall–Kier alpha value is -2.98. The molecule has 1 unspecified atom stereocenters. The Labute approximate surface area is 224 Å². The van der Waals surface area contributed by atoms with E-state index in [0.717, 1.165) is 6.54 Å². The van der Waals surface area contributed by atoms with E-state index in [1.807, 2.05) is 0 Å². The van der Waals surface area contributed by atoms with Crippen LogP contribution in [-0.4, -0.2) is 16.4 Å². The van der Waals surface area contributed by atoms with Crippen molar-refractivity contribution in [3.8, 4) is 0 Å². The number of nitrogens with zero attached hydrogens (tertiary/aromatic N) is 1. The Morgan fingerprint density at radius 2 is 0.919 bits per heavy atom. The second kappa shape index (κ2) is 13.5. The average molecular weight is 520 g/mol. The van der Waals surface area contributed by atoms with E-state index in [0.29, 0.717) is 5.66 Å². The molecule has 0 aliphatic heterocycles. The minimum Gasteiger partial charge on any atom is -0.354 e. The summed E-state index contributed by atoms with van der Waals surface area (Å²) in [4.78, 5) is 0. The topological polar surface area (TPSA) is 4.93 Å². The molecule has 1 aromatic heterocycles. The summed E-state index contributed by atoms with van der Waals surface area (Å²) < 4.78 is 2.31. The predicted octanol–water partition coefficient (Wildman–Crippen LogP) is 7.29. The first-order valence-electron chi connectivity index (χ1n) is 13.3. The molecule has 0 aliphatic carbocycles. The summed E-state index contributed by atoms with van der Waals surface area (Å²) in [7, 11) is -0.929. The Morgan fingerprint density at radius 1 is 0.486 bits per heavy atom. The van der Waals surface area contributed by atoms with Crippen LogP contribution in [0.2, 0.25) is 0 Å². The van der Waals surface area contributed by atoms with Crippen molar-refractivity contribution in [2.75, 3.05) is 6.16 Å². The highest BCUT2D eigenvalue weighted by Gasteiger charge is 2.28. The Bertz CT molecular complexity index is 1210. The van der Waals surface area contributed by atoms with Gasteiger partial charge in [-0.2, -0.15) is 0 Å². The van der Waals surface area contributed by atoms with Gasteiger partial charge in [-0.05, 0) is 73.9 Å². The Kier molecular flexibility index (Phi) is 9.38. The summed E-state index contributed by atoms with van der Waals surface area (Å²) in [5.41, 5.74) is 0.607. The minimum absolute atomic E-state index is 0.449. The van der Waals surface area contributed by atoms with Gasteiger partial charge in [0.05, 0.1) is 0 Å². The van der Waals surface area contributed by atoms with Gasteiger partial charge in [-0.25, -0.2) is 0 Å². The molecule has 0 bridgehead atoms. The van der Waals surface area contributed by atoms with Gasteiger partial charge >= 0.3 is 0 Å². The van der Waals surface area contributed by atoms with Crippen LogP contribution in [0.4, 0.5) is 0 Å². The maximum atomic E-state index is 2.36. The first kappa shape index (κ1) is 25.7. The Morgan fingerprint density at radius 3 is 1.38 bits per heavy atom. The lowest BCUT2D eigenvalue weighted by Gasteiger charge is -2.32. The molecule has 1 atom stereocenters. The van der Waals surface area contributed by atoms with Gasteiger partial charge in [0.1, 0.15) is 0 Å². The number of aromatic nitrogens is 1. The lowest BCUT2D eigenvalue weighted by Crippen LogP contribution is -2.27. The molecule has 0 saturated heterocycles. The molecule has 0 radical (unpaired) electrons. The van der Waals surface area contributed by atoms with Crippen LogP contribution in [0.25, 0.3) is 0 Å². The van der Waals surface area contributed by atoms with Crippen LogP contribution in [0, 0.1) is 0 Å². The van der Waals surface area contributed by atoms with Crippen molar-refractivity contribution in [1.29, 1.82) is 0 Å². The van der Waals surface area contributed by atoms with Gasteiger partial charge in [-0.1, -0.05) is 128 Å². The molecule has 5 aromatic rings. The SMILES string of the molecule is c1ccc(P(CC(CCCCn2cccc2)P(c2ccccc2)c2ccccc2)c2ccccc2)cc1. The molecular formula is C34H35NP2. The van der Waals surface area contributed by atoms with Gasteiger partial charge < -0.3 is 4.57 Å². The quantitative estimate of drug-likeness (QED) is 0.120. The van der Waals surface area contributed by atoms with Gasteiger partial charge in [0.25, 0.3) is 0 Å². The number of unbranched alkanes of at least 4 members (excludes halogenated alkanes) is 1. The Balaban J connectivity index is 1.49. The monoisotopic (exact) mass is 519 g/mol. The smallest absolute Gasteiger partial charge is 0.0219 e. The first-order valence-corrected chi connectivity index (χ1v) is 16.2. The maximum Gasteiger partial charge on any atom is 0.0219 e. The molecule has 186 valence electrons. The maximum absolute atomic E-state index is 2.36. The van der Waals surface area contributed by atoms with Crippen LogP contribution in [-0.2, 0) is 6.54 Å². The molecule has 0 saturated carbocycles. The molecule has 0 aliphatic rings. The molecule has 0 spiro atoms. The van der Waals surface area contributed by atoms with Crippen LogP contribution in [0.3, 0.4) is 0 Å². The van der Waals surface area contributed by atoms with Crippen molar-refractivity contribution in [2.45, 2.75) is 31.5 Å². The normalized spacial score (nSPS) is 12.2. The predicted molar refractivity (Wildman–Crippen MR) is 165 cm³/mol. The number of rotatable bonds is 12. The van der Waals surface area contributed by atoms with Gasteiger partial charge in [-0.3, -0.25) is 0 Å². The van der Waals surface area contributed by atoms with E-state index >= 15 is 0 Å². The van der Waals surface area contributed by atoms with Crippen molar-refractivity contribution in [1.82, 2.24) is 4.57 Å². The molecule has 3 heteroatoms. The second-order valence-electron chi connectivity index (χ2n) is 9.39. The van der Waals surface area contributed by atoms with Crippen molar-refractivity contribution < 1.29 is 0 Å². The van der Waals surface area contributed by atoms with E-state index in [2.05, 4.69) is 150 Å². The summed E-state index contributed by atoms with van der Waals surface area (Å²) in [6.45, 7) is 1.10. The van der Waals surface area contributed by atoms with Gasteiger partial charge in [0.2, 0.25) is 0 Å². The highest BCUT2D eigenvalue weighted by molar-refractivity contribution is 7.77. The molecule has 0 fully saturated rings. The van der Waals surface area contributed by atoms with E-state index in [1.54, 1.807) is 0 Å². The number of benzene rings is 4. The third-order valence-corrected chi connectivity index (χ3v) is 12.6. The molecule has 1 nitrogen and oxygen atoms in total. The summed E-state index contributed by atoms with van der Waals surface area (Å²) >= 11 is 0. The fourth-order valence-electron chi connectivity index (χ4n) is 5.03. The largest absolute Gasteiger partial charge is 0.354 e.